The van der Waals surface area contributed by atoms with Crippen molar-refractivity contribution in [3.05, 3.63) is 88.1 Å². The van der Waals surface area contributed by atoms with Crippen molar-refractivity contribution in [3.8, 4) is 0 Å². The number of hydrogen-bond donors (Lipinski definition) is 3. The first-order valence-corrected chi connectivity index (χ1v) is 11.0. The molecular formula is C25H23N3O2S. The zero-order valence-corrected chi connectivity index (χ0v) is 17.7. The van der Waals surface area contributed by atoms with Gasteiger partial charge in [-0.3, -0.25) is 9.59 Å². The van der Waals surface area contributed by atoms with Crippen LogP contribution in [0.3, 0.4) is 0 Å². The molecule has 0 radical (unpaired) electrons. The molecule has 5 nitrogen and oxygen atoms in total. The summed E-state index contributed by atoms with van der Waals surface area (Å²) in [4.78, 5) is 25.8. The Kier molecular flexibility index (Phi) is 6.29. The molecule has 2 aromatic carbocycles. The summed E-state index contributed by atoms with van der Waals surface area (Å²) in [6.45, 7) is 0. The summed E-state index contributed by atoms with van der Waals surface area (Å²) in [5, 5.41) is 7.80. The van der Waals surface area contributed by atoms with Crippen LogP contribution in [0, 0.1) is 0 Å². The molecule has 0 spiro atoms. The second-order valence-electron chi connectivity index (χ2n) is 7.36. The molecule has 0 saturated heterocycles. The van der Waals surface area contributed by atoms with Gasteiger partial charge in [-0.15, -0.1) is 11.3 Å². The Morgan fingerprint density at radius 3 is 2.39 bits per heavy atom. The van der Waals surface area contributed by atoms with E-state index in [1.54, 1.807) is 29.5 Å². The molecule has 1 aromatic heterocycles. The highest BCUT2D eigenvalue weighted by Crippen LogP contribution is 2.26. The number of nitrogens with two attached hydrogens (primary N) is 1. The predicted octanol–water partition coefficient (Wildman–Crippen LogP) is 4.80. The normalized spacial score (nSPS) is 13.9. The first kappa shape index (κ1) is 20.6. The number of nitrogens with one attached hydrogen (secondary N) is 2. The van der Waals surface area contributed by atoms with Gasteiger partial charge in [0, 0.05) is 17.0 Å². The minimum Gasteiger partial charge on any atom is -0.397 e. The molecular weight excluding hydrogens is 406 g/mol. The van der Waals surface area contributed by atoms with E-state index in [1.807, 2.05) is 60.0 Å². The lowest BCUT2D eigenvalue weighted by Crippen LogP contribution is -2.26. The van der Waals surface area contributed by atoms with Crippen LogP contribution in [0.25, 0.3) is 17.7 Å². The maximum absolute atomic E-state index is 12.7. The van der Waals surface area contributed by atoms with Crippen LogP contribution < -0.4 is 16.4 Å². The zero-order valence-electron chi connectivity index (χ0n) is 16.9. The van der Waals surface area contributed by atoms with E-state index in [2.05, 4.69) is 10.6 Å². The first-order chi connectivity index (χ1) is 15.1. The van der Waals surface area contributed by atoms with Crippen LogP contribution in [0.2, 0.25) is 0 Å². The lowest BCUT2D eigenvalue weighted by Gasteiger charge is -2.07. The average molecular weight is 430 g/mol. The van der Waals surface area contributed by atoms with Gasteiger partial charge in [-0.2, -0.15) is 0 Å². The van der Waals surface area contributed by atoms with Crippen molar-refractivity contribution in [3.63, 3.8) is 0 Å². The Morgan fingerprint density at radius 2 is 1.71 bits per heavy atom. The summed E-state index contributed by atoms with van der Waals surface area (Å²) in [6, 6.07) is 19.0. The van der Waals surface area contributed by atoms with E-state index in [-0.39, 0.29) is 11.8 Å². The molecule has 4 N–H and O–H groups in total. The van der Waals surface area contributed by atoms with E-state index in [0.717, 1.165) is 28.8 Å². The number of nitrogen functional groups attached to an aromatic ring is 1. The van der Waals surface area contributed by atoms with Gasteiger partial charge in [0.25, 0.3) is 5.91 Å². The molecule has 0 unspecified atom stereocenters. The fourth-order valence-electron chi connectivity index (χ4n) is 3.00. The van der Waals surface area contributed by atoms with Gasteiger partial charge >= 0.3 is 0 Å². The smallest absolute Gasteiger partial charge is 0.252 e. The summed E-state index contributed by atoms with van der Waals surface area (Å²) in [5.41, 5.74) is 9.43. The first-order valence-electron chi connectivity index (χ1n) is 10.1. The monoisotopic (exact) mass is 429 g/mol. The molecule has 1 aliphatic carbocycles. The quantitative estimate of drug-likeness (QED) is 0.373. The molecule has 156 valence electrons. The molecule has 1 aliphatic rings. The second-order valence-corrected chi connectivity index (χ2v) is 8.31. The Bertz CT molecular complexity index is 1130. The van der Waals surface area contributed by atoms with E-state index >= 15 is 0 Å². The summed E-state index contributed by atoms with van der Waals surface area (Å²) >= 11 is 1.55. The fourth-order valence-corrected chi connectivity index (χ4v) is 3.74. The van der Waals surface area contributed by atoms with E-state index in [1.165, 1.54) is 6.08 Å². The second kappa shape index (κ2) is 9.45. The minimum atomic E-state index is -0.251. The Hall–Kier alpha value is -3.64. The lowest BCUT2D eigenvalue weighted by atomic mass is 10.1. The molecule has 6 heteroatoms. The van der Waals surface area contributed by atoms with Gasteiger partial charge in [0.15, 0.2) is 0 Å². The van der Waals surface area contributed by atoms with Crippen LogP contribution in [0.5, 0.6) is 0 Å². The van der Waals surface area contributed by atoms with Gasteiger partial charge in [0.1, 0.15) is 0 Å². The van der Waals surface area contributed by atoms with Gasteiger partial charge in [-0.25, -0.2) is 0 Å². The van der Waals surface area contributed by atoms with Crippen molar-refractivity contribution in [2.45, 2.75) is 18.9 Å². The fraction of sp³-hybridized carbons (Fsp3) is 0.120. The summed E-state index contributed by atoms with van der Waals surface area (Å²) in [6.07, 6.45) is 7.21. The molecule has 0 bridgehead atoms. The van der Waals surface area contributed by atoms with Crippen LogP contribution in [-0.4, -0.2) is 17.9 Å². The van der Waals surface area contributed by atoms with E-state index in [0.29, 0.717) is 23.0 Å². The van der Waals surface area contributed by atoms with E-state index in [9.17, 15) is 9.59 Å². The third kappa shape index (κ3) is 5.71. The number of para-hydroxylation sites is 2. The van der Waals surface area contributed by atoms with Crippen molar-refractivity contribution in [2.75, 3.05) is 11.1 Å². The molecule has 1 saturated carbocycles. The average Bonchev–Trinajstić information content (AvgIpc) is 3.42. The van der Waals surface area contributed by atoms with Gasteiger partial charge in [-0.05, 0) is 59.7 Å². The maximum Gasteiger partial charge on any atom is 0.252 e. The van der Waals surface area contributed by atoms with Gasteiger partial charge < -0.3 is 16.4 Å². The van der Waals surface area contributed by atoms with Crippen LogP contribution in [-0.2, 0) is 9.59 Å². The summed E-state index contributed by atoms with van der Waals surface area (Å²) in [7, 11) is 0. The minimum absolute atomic E-state index is 0.0363. The van der Waals surface area contributed by atoms with Crippen LogP contribution in [0.1, 0.15) is 28.8 Å². The zero-order chi connectivity index (χ0) is 21.6. The number of carbonyl (C=O) groups excluding carboxylic acids is 2. The lowest BCUT2D eigenvalue weighted by molar-refractivity contribution is -0.115. The van der Waals surface area contributed by atoms with Crippen LogP contribution in [0.15, 0.2) is 72.1 Å². The molecule has 0 aliphatic heterocycles. The molecule has 1 heterocycles. The number of amides is 2. The number of carbonyl (C=O) groups is 2. The molecule has 4 rings (SSSR count). The standard InChI is InChI=1S/C25H23N3O2S/c26-21-4-1-2-5-22(21)28-24(29)14-11-17-7-9-18(10-8-17)16-20(23-6-3-15-31-23)25(30)27-19-12-13-19/h1-11,14-16,19H,12-13,26H2,(H,27,30)(H,28,29)/b14-11+,20-16?. The van der Waals surface area contributed by atoms with Gasteiger partial charge in [0.05, 0.1) is 16.9 Å². The highest BCUT2D eigenvalue weighted by molar-refractivity contribution is 7.11. The SMILES string of the molecule is Nc1ccccc1NC(=O)/C=C/c1ccc(C=C(C(=O)NC2CC2)c2cccs2)cc1. The van der Waals surface area contributed by atoms with Crippen molar-refractivity contribution >= 4 is 52.3 Å². The molecule has 2 amide bonds. The van der Waals surface area contributed by atoms with Crippen molar-refractivity contribution in [2.24, 2.45) is 0 Å². The third-order valence-electron chi connectivity index (χ3n) is 4.84. The topological polar surface area (TPSA) is 84.2 Å². The Labute approximate surface area is 185 Å². The number of hydrogen-bond acceptors (Lipinski definition) is 4. The number of thiophene rings is 1. The molecule has 0 atom stereocenters. The maximum atomic E-state index is 12.7. The number of anilines is 2. The molecule has 3 aromatic rings. The van der Waals surface area contributed by atoms with Gasteiger partial charge in [-0.1, -0.05) is 42.5 Å². The van der Waals surface area contributed by atoms with Crippen molar-refractivity contribution < 1.29 is 9.59 Å². The highest BCUT2D eigenvalue weighted by atomic mass is 32.1. The number of rotatable bonds is 7. The third-order valence-corrected chi connectivity index (χ3v) is 5.74. The predicted molar refractivity (Wildman–Crippen MR) is 128 cm³/mol. The van der Waals surface area contributed by atoms with Gasteiger partial charge in [0.2, 0.25) is 5.91 Å². The number of benzene rings is 2. The molecule has 1 fully saturated rings. The van der Waals surface area contributed by atoms with Crippen LogP contribution in [0.4, 0.5) is 11.4 Å². The van der Waals surface area contributed by atoms with Crippen molar-refractivity contribution in [1.29, 1.82) is 0 Å². The van der Waals surface area contributed by atoms with E-state index in [4.69, 9.17) is 5.73 Å². The highest BCUT2D eigenvalue weighted by Gasteiger charge is 2.25. The Morgan fingerprint density at radius 1 is 0.968 bits per heavy atom. The van der Waals surface area contributed by atoms with E-state index < -0.39 is 0 Å². The summed E-state index contributed by atoms with van der Waals surface area (Å²) in [5.74, 6) is -0.288. The summed E-state index contributed by atoms with van der Waals surface area (Å²) < 4.78 is 0. The Balaban J connectivity index is 1.45. The molecule has 31 heavy (non-hydrogen) atoms. The largest absolute Gasteiger partial charge is 0.397 e. The van der Waals surface area contributed by atoms with Crippen molar-refractivity contribution in [1.82, 2.24) is 5.32 Å². The van der Waals surface area contributed by atoms with Crippen LogP contribution >= 0.6 is 11.3 Å².